The van der Waals surface area contributed by atoms with Crippen LogP contribution in [0.1, 0.15) is 73.6 Å². The smallest absolute Gasteiger partial charge is 0.0560 e. The summed E-state index contributed by atoms with van der Waals surface area (Å²) in [5, 5.41) is 18.0. The van der Waals surface area contributed by atoms with E-state index in [1.165, 1.54) is 19.3 Å². The summed E-state index contributed by atoms with van der Waals surface area (Å²) >= 11 is 0. The van der Waals surface area contributed by atoms with Gasteiger partial charge in [0.25, 0.3) is 0 Å². The van der Waals surface area contributed by atoms with Gasteiger partial charge in [0, 0.05) is 0 Å². The van der Waals surface area contributed by atoms with Crippen molar-refractivity contribution in [1.82, 2.24) is 0 Å². The quantitative estimate of drug-likeness (QED) is 0.709. The Bertz CT molecular complexity index is 136. The van der Waals surface area contributed by atoms with E-state index in [-0.39, 0.29) is 17.6 Å². The largest absolute Gasteiger partial charge is 0.393 e. The highest BCUT2D eigenvalue weighted by molar-refractivity contribution is 4.66. The number of unbranched alkanes of at least 4 members (excludes halogenated alkanes) is 2. The van der Waals surface area contributed by atoms with Crippen molar-refractivity contribution in [2.45, 2.75) is 85.9 Å². The normalized spacial score (nSPS) is 15.0. The minimum Gasteiger partial charge on any atom is -0.393 e. The maximum atomic E-state index is 9.08. The molecule has 0 heterocycles. The first-order valence-corrected chi connectivity index (χ1v) is 6.61. The van der Waals surface area contributed by atoms with Crippen LogP contribution in [-0.4, -0.2) is 22.4 Å². The molecule has 0 bridgehead atoms. The number of hydrogen-bond donors (Lipinski definition) is 2. The van der Waals surface area contributed by atoms with E-state index in [1.54, 1.807) is 6.92 Å². The topological polar surface area (TPSA) is 40.5 Å². The lowest BCUT2D eigenvalue weighted by Gasteiger charge is -2.21. The van der Waals surface area contributed by atoms with Crippen molar-refractivity contribution in [1.29, 1.82) is 0 Å². The SMILES string of the molecule is CC(O)C(C)(C)C.CCCCCC(O)CC. The average Bonchev–Trinajstić information content (AvgIpc) is 2.17. The zero-order valence-electron chi connectivity index (χ0n) is 12.1. The third kappa shape index (κ3) is 13.9. The van der Waals surface area contributed by atoms with Crippen LogP contribution in [0, 0.1) is 5.41 Å². The van der Waals surface area contributed by atoms with Gasteiger partial charge in [0.05, 0.1) is 12.2 Å². The number of aliphatic hydroxyl groups is 2. The lowest BCUT2D eigenvalue weighted by molar-refractivity contribution is 0.0801. The molecular weight excluding hydrogens is 200 g/mol. The zero-order chi connectivity index (χ0) is 13.2. The Kier molecular flexibility index (Phi) is 11.5. The zero-order valence-corrected chi connectivity index (χ0v) is 12.1. The molecule has 2 heteroatoms. The molecule has 0 amide bonds. The second-order valence-corrected chi connectivity index (χ2v) is 5.60. The molecule has 0 radical (unpaired) electrons. The molecule has 2 nitrogen and oxygen atoms in total. The molecule has 0 aromatic rings. The Hall–Kier alpha value is -0.0800. The molecule has 0 saturated heterocycles. The highest BCUT2D eigenvalue weighted by atomic mass is 16.3. The van der Waals surface area contributed by atoms with Gasteiger partial charge in [0.1, 0.15) is 0 Å². The Morgan fingerprint density at radius 2 is 1.44 bits per heavy atom. The Balaban J connectivity index is 0. The molecular formula is C14H32O2. The molecule has 2 N–H and O–H groups in total. The van der Waals surface area contributed by atoms with Gasteiger partial charge >= 0.3 is 0 Å². The van der Waals surface area contributed by atoms with Crippen molar-refractivity contribution < 1.29 is 10.2 Å². The van der Waals surface area contributed by atoms with Crippen LogP contribution < -0.4 is 0 Å². The molecule has 0 aliphatic rings. The maximum absolute atomic E-state index is 9.08. The van der Waals surface area contributed by atoms with Crippen molar-refractivity contribution >= 4 is 0 Å². The maximum Gasteiger partial charge on any atom is 0.0560 e. The van der Waals surface area contributed by atoms with Gasteiger partial charge in [-0.2, -0.15) is 0 Å². The summed E-state index contributed by atoms with van der Waals surface area (Å²) in [7, 11) is 0. The first-order valence-electron chi connectivity index (χ1n) is 6.61. The Labute approximate surface area is 102 Å². The van der Waals surface area contributed by atoms with Crippen LogP contribution in [0.25, 0.3) is 0 Å². The van der Waals surface area contributed by atoms with Gasteiger partial charge in [-0.15, -0.1) is 0 Å². The van der Waals surface area contributed by atoms with Gasteiger partial charge in [-0.05, 0) is 25.2 Å². The van der Waals surface area contributed by atoms with Crippen LogP contribution in [-0.2, 0) is 0 Å². The Morgan fingerprint density at radius 3 is 1.69 bits per heavy atom. The van der Waals surface area contributed by atoms with E-state index in [4.69, 9.17) is 10.2 Å². The van der Waals surface area contributed by atoms with E-state index >= 15 is 0 Å². The van der Waals surface area contributed by atoms with E-state index in [0.717, 1.165) is 12.8 Å². The van der Waals surface area contributed by atoms with E-state index in [1.807, 2.05) is 27.7 Å². The molecule has 0 saturated carbocycles. The number of rotatable bonds is 5. The van der Waals surface area contributed by atoms with Crippen molar-refractivity contribution in [2.75, 3.05) is 0 Å². The summed E-state index contributed by atoms with van der Waals surface area (Å²) in [5.74, 6) is 0. The van der Waals surface area contributed by atoms with Crippen LogP contribution in [0.5, 0.6) is 0 Å². The molecule has 0 fully saturated rings. The van der Waals surface area contributed by atoms with Gasteiger partial charge < -0.3 is 10.2 Å². The summed E-state index contributed by atoms with van der Waals surface area (Å²) in [6.45, 7) is 12.0. The number of aliphatic hydroxyl groups excluding tert-OH is 2. The van der Waals surface area contributed by atoms with Gasteiger partial charge in [0.2, 0.25) is 0 Å². The van der Waals surface area contributed by atoms with E-state index in [9.17, 15) is 0 Å². The Morgan fingerprint density at radius 1 is 1.00 bits per heavy atom. The van der Waals surface area contributed by atoms with Gasteiger partial charge in [0.15, 0.2) is 0 Å². The second kappa shape index (κ2) is 10.1. The highest BCUT2D eigenvalue weighted by Gasteiger charge is 2.15. The van der Waals surface area contributed by atoms with Gasteiger partial charge in [-0.1, -0.05) is 53.9 Å². The summed E-state index contributed by atoms with van der Waals surface area (Å²) in [5.41, 5.74) is 0.0556. The van der Waals surface area contributed by atoms with Crippen molar-refractivity contribution in [2.24, 2.45) is 5.41 Å². The molecule has 0 spiro atoms. The van der Waals surface area contributed by atoms with Crippen molar-refractivity contribution in [3.63, 3.8) is 0 Å². The fraction of sp³-hybridized carbons (Fsp3) is 1.00. The van der Waals surface area contributed by atoms with Crippen LogP contribution in [0.3, 0.4) is 0 Å². The minimum absolute atomic E-state index is 0.0449. The first kappa shape index (κ1) is 18.3. The van der Waals surface area contributed by atoms with E-state index in [0.29, 0.717) is 0 Å². The molecule has 0 aromatic carbocycles. The number of hydrogen-bond acceptors (Lipinski definition) is 2. The highest BCUT2D eigenvalue weighted by Crippen LogP contribution is 2.17. The van der Waals surface area contributed by atoms with Crippen LogP contribution in [0.2, 0.25) is 0 Å². The first-order chi connectivity index (χ1) is 7.25. The van der Waals surface area contributed by atoms with E-state index in [2.05, 4.69) is 6.92 Å². The standard InChI is InChI=1S/C8H18O.C6H14O/c1-3-5-6-7-8(9)4-2;1-5(7)6(2,3)4/h8-9H,3-7H2,1-2H3;5,7H,1-4H3. The van der Waals surface area contributed by atoms with Crippen molar-refractivity contribution in [3.05, 3.63) is 0 Å². The third-order valence-electron chi connectivity index (χ3n) is 2.87. The third-order valence-corrected chi connectivity index (χ3v) is 2.87. The summed E-state index contributed by atoms with van der Waals surface area (Å²) < 4.78 is 0. The molecule has 100 valence electrons. The molecule has 2 atom stereocenters. The van der Waals surface area contributed by atoms with E-state index < -0.39 is 0 Å². The predicted octanol–water partition coefficient (Wildman–Crippen LogP) is 3.75. The predicted molar refractivity (Wildman–Crippen MR) is 71.6 cm³/mol. The molecule has 0 aromatic heterocycles. The van der Waals surface area contributed by atoms with Gasteiger partial charge in [-0.25, -0.2) is 0 Å². The van der Waals surface area contributed by atoms with Crippen LogP contribution in [0.15, 0.2) is 0 Å². The van der Waals surface area contributed by atoms with Crippen molar-refractivity contribution in [3.8, 4) is 0 Å². The summed E-state index contributed by atoms with van der Waals surface area (Å²) in [6.07, 6.45) is 5.34. The summed E-state index contributed by atoms with van der Waals surface area (Å²) in [6, 6.07) is 0. The monoisotopic (exact) mass is 232 g/mol. The van der Waals surface area contributed by atoms with Gasteiger partial charge in [-0.3, -0.25) is 0 Å². The fourth-order valence-electron chi connectivity index (χ4n) is 0.834. The lowest BCUT2D eigenvalue weighted by Crippen LogP contribution is -2.21. The minimum atomic E-state index is -0.201. The fourth-order valence-corrected chi connectivity index (χ4v) is 0.834. The molecule has 2 unspecified atom stereocenters. The summed E-state index contributed by atoms with van der Waals surface area (Å²) in [4.78, 5) is 0. The molecule has 16 heavy (non-hydrogen) atoms. The molecule has 0 aliphatic carbocycles. The van der Waals surface area contributed by atoms with Crippen LogP contribution in [0.4, 0.5) is 0 Å². The second-order valence-electron chi connectivity index (χ2n) is 5.60. The lowest BCUT2D eigenvalue weighted by atomic mass is 9.91. The molecule has 0 aliphatic heterocycles. The average molecular weight is 232 g/mol. The van der Waals surface area contributed by atoms with Crippen LogP contribution >= 0.6 is 0 Å². The molecule has 0 rings (SSSR count).